The topological polar surface area (TPSA) is 63.1 Å². The third-order valence-electron chi connectivity index (χ3n) is 5.06. The number of rotatable bonds is 8. The van der Waals surface area contributed by atoms with Crippen LogP contribution in [0.4, 0.5) is 0 Å². The van der Waals surface area contributed by atoms with Gasteiger partial charge in [-0.3, -0.25) is 14.5 Å². The van der Waals surface area contributed by atoms with Crippen LogP contribution in [-0.2, 0) is 17.9 Å². The van der Waals surface area contributed by atoms with Gasteiger partial charge in [-0.05, 0) is 36.9 Å². The van der Waals surface area contributed by atoms with Gasteiger partial charge in [-0.15, -0.1) is 0 Å². The highest BCUT2D eigenvalue weighted by atomic mass is 32.2. The average Bonchev–Trinajstić information content (AvgIpc) is 3.08. The SMILES string of the molecule is CCN(CC)CCn1nc2c3c(c(CNC=O)ccc31)Sc1cccnc1-2. The smallest absolute Gasteiger partial charge is 0.207 e. The van der Waals surface area contributed by atoms with Crippen molar-refractivity contribution in [3.8, 4) is 11.4 Å². The Morgan fingerprint density at radius 2 is 2.07 bits per heavy atom. The lowest BCUT2D eigenvalue weighted by Crippen LogP contribution is -2.27. The van der Waals surface area contributed by atoms with Crippen LogP contribution in [0.5, 0.6) is 0 Å². The van der Waals surface area contributed by atoms with E-state index < -0.39 is 0 Å². The molecule has 0 aliphatic carbocycles. The minimum atomic E-state index is 0.515. The first-order chi connectivity index (χ1) is 13.3. The lowest BCUT2D eigenvalue weighted by atomic mass is 10.1. The molecule has 0 spiro atoms. The molecule has 1 aromatic carbocycles. The van der Waals surface area contributed by atoms with E-state index in [2.05, 4.69) is 51.9 Å². The summed E-state index contributed by atoms with van der Waals surface area (Å²) in [7, 11) is 0. The third kappa shape index (κ3) is 3.21. The Bertz CT molecular complexity index is 980. The van der Waals surface area contributed by atoms with Crippen LogP contribution in [0.3, 0.4) is 0 Å². The summed E-state index contributed by atoms with van der Waals surface area (Å²) in [6.07, 6.45) is 2.57. The molecule has 1 N–H and O–H groups in total. The molecule has 1 aliphatic rings. The molecular formula is C20H23N5OS. The Balaban J connectivity index is 1.83. The Labute approximate surface area is 163 Å². The minimum absolute atomic E-state index is 0.515. The van der Waals surface area contributed by atoms with Gasteiger partial charge in [0.25, 0.3) is 0 Å². The van der Waals surface area contributed by atoms with Gasteiger partial charge in [0.2, 0.25) is 6.41 Å². The summed E-state index contributed by atoms with van der Waals surface area (Å²) in [6.45, 7) is 8.77. The van der Waals surface area contributed by atoms with Gasteiger partial charge in [0, 0.05) is 34.5 Å². The van der Waals surface area contributed by atoms with E-state index in [0.717, 1.165) is 65.3 Å². The number of benzene rings is 1. The van der Waals surface area contributed by atoms with Gasteiger partial charge < -0.3 is 10.2 Å². The monoisotopic (exact) mass is 381 g/mol. The van der Waals surface area contributed by atoms with Crippen molar-refractivity contribution in [1.29, 1.82) is 0 Å². The minimum Gasteiger partial charge on any atom is -0.355 e. The van der Waals surface area contributed by atoms with E-state index in [0.29, 0.717) is 6.54 Å². The Hall–Kier alpha value is -2.38. The van der Waals surface area contributed by atoms with Gasteiger partial charge in [-0.1, -0.05) is 31.7 Å². The second-order valence-electron chi connectivity index (χ2n) is 6.50. The van der Waals surface area contributed by atoms with Gasteiger partial charge in [0.05, 0.1) is 12.1 Å². The number of fused-ring (bicyclic) bond motifs is 2. The summed E-state index contributed by atoms with van der Waals surface area (Å²) < 4.78 is 2.10. The van der Waals surface area contributed by atoms with E-state index in [4.69, 9.17) is 5.10 Å². The van der Waals surface area contributed by atoms with E-state index >= 15 is 0 Å². The fraction of sp³-hybridized carbons (Fsp3) is 0.350. The van der Waals surface area contributed by atoms with Crippen LogP contribution in [-0.4, -0.2) is 45.7 Å². The Kier molecular flexibility index (Phi) is 5.13. The highest BCUT2D eigenvalue weighted by Gasteiger charge is 2.26. The fourth-order valence-corrected chi connectivity index (χ4v) is 4.75. The van der Waals surface area contributed by atoms with E-state index in [9.17, 15) is 4.79 Å². The van der Waals surface area contributed by atoms with Gasteiger partial charge in [-0.2, -0.15) is 5.10 Å². The molecule has 6 nitrogen and oxygen atoms in total. The molecule has 0 unspecified atom stereocenters. The molecule has 4 rings (SSSR count). The van der Waals surface area contributed by atoms with Crippen molar-refractivity contribution in [2.24, 2.45) is 0 Å². The summed E-state index contributed by atoms with van der Waals surface area (Å²) in [5.41, 5.74) is 4.13. The summed E-state index contributed by atoms with van der Waals surface area (Å²) >= 11 is 1.72. The van der Waals surface area contributed by atoms with Gasteiger partial charge in [0.15, 0.2) is 0 Å². The second kappa shape index (κ2) is 7.70. The maximum absolute atomic E-state index is 10.8. The maximum Gasteiger partial charge on any atom is 0.207 e. The van der Waals surface area contributed by atoms with Crippen molar-refractivity contribution in [1.82, 2.24) is 25.0 Å². The number of carbonyl (C=O) groups excluding carboxylic acids is 1. The van der Waals surface area contributed by atoms with Crippen LogP contribution >= 0.6 is 11.8 Å². The molecule has 0 atom stereocenters. The summed E-state index contributed by atoms with van der Waals surface area (Å²) in [5, 5.41) is 8.89. The molecule has 0 radical (unpaired) electrons. The molecule has 3 heterocycles. The molecule has 0 saturated heterocycles. The molecule has 3 aromatic rings. The molecule has 2 aromatic heterocycles. The molecular weight excluding hydrogens is 358 g/mol. The van der Waals surface area contributed by atoms with Crippen LogP contribution < -0.4 is 5.32 Å². The number of nitrogens with one attached hydrogen (secondary N) is 1. The normalized spacial score (nSPS) is 12.4. The van der Waals surface area contributed by atoms with Crippen LogP contribution in [0, 0.1) is 0 Å². The Morgan fingerprint density at radius 1 is 1.22 bits per heavy atom. The molecule has 0 fully saturated rings. The molecule has 140 valence electrons. The van der Waals surface area contributed by atoms with Crippen LogP contribution in [0.25, 0.3) is 22.3 Å². The first-order valence-electron chi connectivity index (χ1n) is 9.31. The van der Waals surface area contributed by atoms with Crippen molar-refractivity contribution >= 4 is 29.1 Å². The van der Waals surface area contributed by atoms with Gasteiger partial charge >= 0.3 is 0 Å². The number of amides is 1. The summed E-state index contributed by atoms with van der Waals surface area (Å²) in [6, 6.07) is 8.26. The number of aromatic nitrogens is 3. The van der Waals surface area contributed by atoms with Crippen molar-refractivity contribution in [2.75, 3.05) is 19.6 Å². The van der Waals surface area contributed by atoms with Crippen molar-refractivity contribution in [3.05, 3.63) is 36.0 Å². The maximum atomic E-state index is 10.8. The first kappa shape index (κ1) is 18.0. The summed E-state index contributed by atoms with van der Waals surface area (Å²) in [4.78, 5) is 20.1. The van der Waals surface area contributed by atoms with Crippen LogP contribution in [0.15, 0.2) is 40.3 Å². The first-order valence-corrected chi connectivity index (χ1v) is 10.1. The van der Waals surface area contributed by atoms with Crippen LogP contribution in [0.1, 0.15) is 19.4 Å². The lowest BCUT2D eigenvalue weighted by molar-refractivity contribution is -0.109. The fourth-order valence-electron chi connectivity index (χ4n) is 3.56. The number of likely N-dealkylation sites (N-methyl/N-ethyl adjacent to an activating group) is 1. The zero-order valence-electron chi connectivity index (χ0n) is 15.6. The molecule has 7 heteroatoms. The second-order valence-corrected chi connectivity index (χ2v) is 7.55. The largest absolute Gasteiger partial charge is 0.355 e. The standard InChI is InChI=1S/C20H23N5OS/c1-3-24(4-2)10-11-25-15-8-7-14(12-21-13-26)20-17(15)19(23-25)18-16(27-20)6-5-9-22-18/h5-9,13H,3-4,10-12H2,1-2H3,(H,21,26). The lowest BCUT2D eigenvalue weighted by Gasteiger charge is -2.18. The Morgan fingerprint density at radius 3 is 2.85 bits per heavy atom. The quantitative estimate of drug-likeness (QED) is 0.475. The van der Waals surface area contributed by atoms with Crippen molar-refractivity contribution in [2.45, 2.75) is 36.7 Å². The van der Waals surface area contributed by atoms with Crippen molar-refractivity contribution in [3.63, 3.8) is 0 Å². The zero-order valence-corrected chi connectivity index (χ0v) is 16.4. The van der Waals surface area contributed by atoms with Gasteiger partial charge in [-0.25, -0.2) is 0 Å². The van der Waals surface area contributed by atoms with Crippen LogP contribution in [0.2, 0.25) is 0 Å². The number of pyridine rings is 1. The average molecular weight is 382 g/mol. The van der Waals surface area contributed by atoms with Gasteiger partial charge in [0.1, 0.15) is 11.4 Å². The van der Waals surface area contributed by atoms with E-state index in [1.165, 1.54) is 4.90 Å². The number of nitrogens with zero attached hydrogens (tertiary/aromatic N) is 4. The number of hydrogen-bond acceptors (Lipinski definition) is 5. The number of carbonyl (C=O) groups is 1. The number of hydrogen-bond donors (Lipinski definition) is 1. The zero-order chi connectivity index (χ0) is 18.8. The molecule has 0 bridgehead atoms. The molecule has 27 heavy (non-hydrogen) atoms. The summed E-state index contributed by atoms with van der Waals surface area (Å²) in [5.74, 6) is 0. The molecule has 1 aliphatic heterocycles. The highest BCUT2D eigenvalue weighted by molar-refractivity contribution is 7.99. The van der Waals surface area contributed by atoms with Crippen molar-refractivity contribution < 1.29 is 4.79 Å². The highest BCUT2D eigenvalue weighted by Crippen LogP contribution is 2.47. The van der Waals surface area contributed by atoms with E-state index in [-0.39, 0.29) is 0 Å². The molecule has 1 amide bonds. The third-order valence-corrected chi connectivity index (χ3v) is 6.28. The van der Waals surface area contributed by atoms with E-state index in [1.807, 2.05) is 12.3 Å². The predicted molar refractivity (Wildman–Crippen MR) is 108 cm³/mol. The predicted octanol–water partition coefficient (Wildman–Crippen LogP) is 3.15. The molecule has 0 saturated carbocycles. The van der Waals surface area contributed by atoms with E-state index in [1.54, 1.807) is 11.8 Å².